The predicted molar refractivity (Wildman–Crippen MR) is 127 cm³/mol. The summed E-state index contributed by atoms with van der Waals surface area (Å²) in [6, 6.07) is 8.26. The molecule has 2 aromatic carbocycles. The smallest absolute Gasteiger partial charge is 0.345 e. The third kappa shape index (κ3) is 7.03. The maximum atomic E-state index is 13.7. The number of carbonyl (C=O) groups is 2. The average molecular weight is 598 g/mol. The van der Waals surface area contributed by atoms with Crippen molar-refractivity contribution in [2.45, 2.75) is 43.6 Å². The molecule has 0 saturated heterocycles. The molecule has 3 rings (SSSR count). The van der Waals surface area contributed by atoms with E-state index < -0.39 is 42.2 Å². The van der Waals surface area contributed by atoms with E-state index in [4.69, 9.17) is 11.6 Å². The maximum Gasteiger partial charge on any atom is 0.405 e. The van der Waals surface area contributed by atoms with Crippen molar-refractivity contribution in [3.63, 3.8) is 0 Å². The van der Waals surface area contributed by atoms with Crippen molar-refractivity contribution in [1.29, 1.82) is 0 Å². The molecule has 1 fully saturated rings. The monoisotopic (exact) mass is 596 g/mol. The number of halogens is 8. The highest BCUT2D eigenvalue weighted by Gasteiger charge is 2.52. The summed E-state index contributed by atoms with van der Waals surface area (Å²) < 4.78 is 78.4. The van der Waals surface area contributed by atoms with E-state index >= 15 is 0 Å². The number of nitrogens with one attached hydrogen (secondary N) is 2. The van der Waals surface area contributed by atoms with Crippen LogP contribution in [-0.4, -0.2) is 36.3 Å². The van der Waals surface area contributed by atoms with Gasteiger partial charge in [-0.05, 0) is 70.6 Å². The Morgan fingerprint density at radius 2 is 1.78 bits per heavy atom. The van der Waals surface area contributed by atoms with E-state index in [1.165, 1.54) is 42.5 Å². The fourth-order valence-electron chi connectivity index (χ4n) is 3.47. The minimum Gasteiger partial charge on any atom is -0.345 e. The Kier molecular flexibility index (Phi) is 8.14. The highest BCUT2D eigenvalue weighted by Crippen LogP contribution is 2.38. The molecular weight excluding hydrogens is 578 g/mol. The molecule has 4 nitrogen and oxygen atoms in total. The summed E-state index contributed by atoms with van der Waals surface area (Å²) in [5.41, 5.74) is -0.452. The van der Waals surface area contributed by atoms with Gasteiger partial charge in [-0.15, -0.1) is 0 Å². The Hall–Kier alpha value is -2.53. The minimum absolute atomic E-state index is 0.0224. The molecule has 36 heavy (non-hydrogen) atoms. The van der Waals surface area contributed by atoms with E-state index in [1.54, 1.807) is 12.2 Å². The van der Waals surface area contributed by atoms with E-state index in [9.17, 15) is 35.9 Å². The van der Waals surface area contributed by atoms with E-state index in [-0.39, 0.29) is 28.4 Å². The van der Waals surface area contributed by atoms with Gasteiger partial charge in [-0.2, -0.15) is 26.3 Å². The highest BCUT2D eigenvalue weighted by atomic mass is 79.9. The molecule has 2 N–H and O–H groups in total. The van der Waals surface area contributed by atoms with E-state index in [0.717, 1.165) is 6.08 Å². The summed E-state index contributed by atoms with van der Waals surface area (Å²) in [7, 11) is 0. The van der Waals surface area contributed by atoms with Gasteiger partial charge in [-0.1, -0.05) is 42.0 Å². The van der Waals surface area contributed by atoms with Crippen LogP contribution in [-0.2, 0) is 4.79 Å². The van der Waals surface area contributed by atoms with Gasteiger partial charge in [0.2, 0.25) is 5.91 Å². The van der Waals surface area contributed by atoms with E-state index in [2.05, 4.69) is 21.2 Å². The van der Waals surface area contributed by atoms with Gasteiger partial charge in [0.25, 0.3) is 5.91 Å². The molecule has 0 radical (unpaired) electrons. The van der Waals surface area contributed by atoms with Crippen molar-refractivity contribution < 1.29 is 35.9 Å². The molecule has 0 aliphatic heterocycles. The van der Waals surface area contributed by atoms with Crippen molar-refractivity contribution in [1.82, 2.24) is 10.6 Å². The Morgan fingerprint density at radius 3 is 2.31 bits per heavy atom. The van der Waals surface area contributed by atoms with Crippen LogP contribution >= 0.6 is 27.5 Å². The lowest BCUT2D eigenvalue weighted by molar-refractivity contribution is -0.140. The van der Waals surface area contributed by atoms with Crippen LogP contribution in [0.1, 0.15) is 45.8 Å². The normalized spacial score (nSPS) is 16.0. The van der Waals surface area contributed by atoms with Gasteiger partial charge >= 0.3 is 12.4 Å². The fraction of sp³-hybridized carbons (Fsp3) is 0.333. The molecular formula is C24H20BrClF6N2O2. The predicted octanol–water partition coefficient (Wildman–Crippen LogP) is 6.71. The second-order valence-electron chi connectivity index (χ2n) is 8.46. The van der Waals surface area contributed by atoms with Crippen LogP contribution in [0.4, 0.5) is 26.3 Å². The molecule has 1 aliphatic rings. The number of hydrogen-bond donors (Lipinski definition) is 2. The van der Waals surface area contributed by atoms with Crippen LogP contribution in [0.15, 0.2) is 46.9 Å². The Balaban J connectivity index is 1.74. The first-order chi connectivity index (χ1) is 16.6. The van der Waals surface area contributed by atoms with Crippen LogP contribution in [0.5, 0.6) is 0 Å². The number of alkyl halides is 6. The molecule has 1 unspecified atom stereocenters. The number of hydrogen-bond acceptors (Lipinski definition) is 2. The standard InChI is InChI=1S/C24H20BrClF6N2O2/c1-13-10-15(4-7-19(13)26)17(24(30,31)32)6-3-14-2-5-16(18(25)11-14)20(35)34-22(8-9-22)21(36)33-12-23(27,28)29/h2-7,10-11,17H,8-9,12H2,1H3,(H,33,36)(H,34,35). The summed E-state index contributed by atoms with van der Waals surface area (Å²) in [6.45, 7) is 0.0955. The summed E-state index contributed by atoms with van der Waals surface area (Å²) in [5.74, 6) is -3.53. The molecule has 1 saturated carbocycles. The molecule has 2 aromatic rings. The van der Waals surface area contributed by atoms with Crippen LogP contribution in [0.2, 0.25) is 5.02 Å². The second kappa shape index (κ2) is 10.5. The Labute approximate surface area is 216 Å². The zero-order valence-electron chi connectivity index (χ0n) is 18.7. The summed E-state index contributed by atoms with van der Waals surface area (Å²) in [5, 5.41) is 4.58. The largest absolute Gasteiger partial charge is 0.405 e. The lowest BCUT2D eigenvalue weighted by Gasteiger charge is -2.19. The lowest BCUT2D eigenvalue weighted by atomic mass is 9.95. The van der Waals surface area contributed by atoms with Crippen molar-refractivity contribution in [2.24, 2.45) is 0 Å². The second-order valence-corrected chi connectivity index (χ2v) is 9.72. The van der Waals surface area contributed by atoms with Gasteiger partial charge in [-0.3, -0.25) is 9.59 Å². The topological polar surface area (TPSA) is 58.2 Å². The summed E-state index contributed by atoms with van der Waals surface area (Å²) in [6.07, 6.45) is -6.51. The molecule has 0 heterocycles. The molecule has 0 aromatic heterocycles. The summed E-state index contributed by atoms with van der Waals surface area (Å²) in [4.78, 5) is 24.8. The van der Waals surface area contributed by atoms with Gasteiger partial charge in [0.05, 0.1) is 11.5 Å². The third-order valence-electron chi connectivity index (χ3n) is 5.60. The average Bonchev–Trinajstić information content (AvgIpc) is 3.53. The Bertz CT molecular complexity index is 1190. The fourth-order valence-corrected chi connectivity index (χ4v) is 4.16. The zero-order valence-corrected chi connectivity index (χ0v) is 21.0. The molecule has 12 heteroatoms. The van der Waals surface area contributed by atoms with E-state index in [1.807, 2.05) is 0 Å². The molecule has 0 spiro atoms. The van der Waals surface area contributed by atoms with Crippen molar-refractivity contribution in [3.8, 4) is 0 Å². The minimum atomic E-state index is -4.58. The molecule has 1 atom stereocenters. The summed E-state index contributed by atoms with van der Waals surface area (Å²) >= 11 is 9.12. The third-order valence-corrected chi connectivity index (χ3v) is 6.68. The van der Waals surface area contributed by atoms with Gasteiger partial charge in [0.1, 0.15) is 12.1 Å². The SMILES string of the molecule is Cc1cc(C(C=Cc2ccc(C(=O)NC3(C(=O)NCC(F)(F)F)CC3)c(Br)c2)C(F)(F)F)ccc1Cl. The number of aryl methyl sites for hydroxylation is 1. The first-order valence-corrected chi connectivity index (χ1v) is 11.8. The van der Waals surface area contributed by atoms with Crippen LogP contribution in [0.25, 0.3) is 6.08 Å². The van der Waals surface area contributed by atoms with Crippen LogP contribution < -0.4 is 10.6 Å². The van der Waals surface area contributed by atoms with Crippen molar-refractivity contribution >= 4 is 45.4 Å². The Morgan fingerprint density at radius 1 is 1.11 bits per heavy atom. The van der Waals surface area contributed by atoms with Crippen molar-refractivity contribution in [2.75, 3.05) is 6.54 Å². The van der Waals surface area contributed by atoms with Gasteiger partial charge < -0.3 is 10.6 Å². The number of carbonyl (C=O) groups excluding carboxylic acids is 2. The first kappa shape index (κ1) is 28.0. The van der Waals surface area contributed by atoms with Crippen LogP contribution in [0.3, 0.4) is 0 Å². The van der Waals surface area contributed by atoms with Gasteiger partial charge in [0.15, 0.2) is 0 Å². The number of allylic oxidation sites excluding steroid dienone is 1. The van der Waals surface area contributed by atoms with Gasteiger partial charge in [0, 0.05) is 9.50 Å². The highest BCUT2D eigenvalue weighted by molar-refractivity contribution is 9.10. The maximum absolute atomic E-state index is 13.7. The van der Waals surface area contributed by atoms with Crippen LogP contribution in [0, 0.1) is 6.92 Å². The molecule has 2 amide bonds. The molecule has 194 valence electrons. The quantitative estimate of drug-likeness (QED) is 0.349. The number of benzene rings is 2. The first-order valence-electron chi connectivity index (χ1n) is 10.6. The molecule has 1 aliphatic carbocycles. The number of amides is 2. The zero-order chi connectivity index (χ0) is 26.9. The number of rotatable bonds is 7. The van der Waals surface area contributed by atoms with Crippen molar-refractivity contribution in [3.05, 3.63) is 74.2 Å². The van der Waals surface area contributed by atoms with E-state index in [0.29, 0.717) is 16.1 Å². The molecule has 0 bridgehead atoms. The van der Waals surface area contributed by atoms with Gasteiger partial charge in [-0.25, -0.2) is 0 Å². The lowest BCUT2D eigenvalue weighted by Crippen LogP contribution is -2.50.